The second kappa shape index (κ2) is 10.00. The summed E-state index contributed by atoms with van der Waals surface area (Å²) in [5.41, 5.74) is 2.54. The number of amides is 3. The van der Waals surface area contributed by atoms with Crippen LogP contribution in [0.3, 0.4) is 0 Å². The van der Waals surface area contributed by atoms with E-state index in [0.29, 0.717) is 40.7 Å². The molecule has 0 aliphatic heterocycles. The van der Waals surface area contributed by atoms with Gasteiger partial charge in [0.25, 0.3) is 11.5 Å². The van der Waals surface area contributed by atoms with Gasteiger partial charge in [-0.25, -0.2) is 4.98 Å². The molecule has 8 nitrogen and oxygen atoms in total. The van der Waals surface area contributed by atoms with Crippen molar-refractivity contribution < 1.29 is 14.4 Å². The molecular formula is C24H26N4O4. The topological polar surface area (TPSA) is 110 Å². The Morgan fingerprint density at radius 3 is 2.62 bits per heavy atom. The molecule has 0 spiro atoms. The maximum atomic E-state index is 13.4. The molecule has 2 N–H and O–H groups in total. The fourth-order valence-corrected chi connectivity index (χ4v) is 3.76. The van der Waals surface area contributed by atoms with E-state index in [9.17, 15) is 19.2 Å². The molecule has 1 aromatic heterocycles. The predicted octanol–water partition coefficient (Wildman–Crippen LogP) is 2.56. The molecule has 3 aromatic rings. The van der Waals surface area contributed by atoms with Crippen molar-refractivity contribution in [2.24, 2.45) is 0 Å². The number of fused-ring (bicyclic) bond motifs is 1. The van der Waals surface area contributed by atoms with Crippen LogP contribution in [-0.4, -0.2) is 27.8 Å². The van der Waals surface area contributed by atoms with Gasteiger partial charge < -0.3 is 5.32 Å². The summed E-state index contributed by atoms with van der Waals surface area (Å²) in [6, 6.07) is 12.4. The third kappa shape index (κ3) is 5.08. The van der Waals surface area contributed by atoms with Gasteiger partial charge in [-0.2, -0.15) is 0 Å². The fraction of sp³-hybridized carbons (Fsp3) is 0.292. The summed E-state index contributed by atoms with van der Waals surface area (Å²) in [5.74, 6) is -0.0850. The van der Waals surface area contributed by atoms with Gasteiger partial charge in [0.15, 0.2) is 0 Å². The molecule has 1 heterocycles. The first-order chi connectivity index (χ1) is 15.3. The lowest BCUT2D eigenvalue weighted by atomic mass is 10.1. The molecule has 0 aliphatic carbocycles. The number of nitrogens with one attached hydrogen (secondary N) is 2. The monoisotopic (exact) mass is 434 g/mol. The minimum Gasteiger partial charge on any atom is -0.348 e. The Hall–Kier alpha value is -3.81. The normalized spacial score (nSPS) is 11.7. The highest BCUT2D eigenvalue weighted by molar-refractivity contribution is 5.94. The van der Waals surface area contributed by atoms with E-state index < -0.39 is 5.91 Å². The molecule has 8 heteroatoms. The van der Waals surface area contributed by atoms with Gasteiger partial charge in [-0.15, -0.1) is 0 Å². The second-order valence-corrected chi connectivity index (χ2v) is 7.77. The number of carbonyl (C=O) groups is 3. The number of benzene rings is 2. The van der Waals surface area contributed by atoms with Crippen LogP contribution in [0.2, 0.25) is 0 Å². The maximum Gasteiger partial charge on any atom is 0.261 e. The van der Waals surface area contributed by atoms with E-state index in [1.807, 2.05) is 26.0 Å². The van der Waals surface area contributed by atoms with Gasteiger partial charge in [0, 0.05) is 24.6 Å². The first-order valence-electron chi connectivity index (χ1n) is 10.4. The van der Waals surface area contributed by atoms with Crippen LogP contribution in [0.15, 0.2) is 47.3 Å². The SMILES string of the molecule is Cc1cccc(C(=O)NCc2cccc3nc(C)n(C(C)CCC(=O)NC=O)c(=O)c23)c1. The Kier molecular flexibility index (Phi) is 7.14. The first kappa shape index (κ1) is 22.9. The molecule has 0 saturated heterocycles. The summed E-state index contributed by atoms with van der Waals surface area (Å²) in [6.45, 7) is 5.68. The largest absolute Gasteiger partial charge is 0.348 e. The Bertz CT molecular complexity index is 1230. The molecule has 3 amide bonds. The van der Waals surface area contributed by atoms with Crippen LogP contribution < -0.4 is 16.2 Å². The fourth-order valence-electron chi connectivity index (χ4n) is 3.76. The van der Waals surface area contributed by atoms with E-state index in [1.54, 1.807) is 41.8 Å². The molecule has 0 aliphatic rings. The van der Waals surface area contributed by atoms with Crippen molar-refractivity contribution in [1.82, 2.24) is 20.2 Å². The third-order valence-corrected chi connectivity index (χ3v) is 5.36. The number of hydrogen-bond donors (Lipinski definition) is 2. The first-order valence-corrected chi connectivity index (χ1v) is 10.4. The zero-order chi connectivity index (χ0) is 23.3. The van der Waals surface area contributed by atoms with Gasteiger partial charge >= 0.3 is 0 Å². The van der Waals surface area contributed by atoms with E-state index in [2.05, 4.69) is 15.6 Å². The molecule has 2 aromatic carbocycles. The van der Waals surface area contributed by atoms with Crippen LogP contribution in [-0.2, 0) is 16.1 Å². The van der Waals surface area contributed by atoms with Crippen molar-refractivity contribution >= 4 is 29.1 Å². The molecule has 32 heavy (non-hydrogen) atoms. The van der Waals surface area contributed by atoms with Gasteiger partial charge in [0.05, 0.1) is 10.9 Å². The smallest absolute Gasteiger partial charge is 0.261 e. The van der Waals surface area contributed by atoms with Gasteiger partial charge in [-0.05, 0) is 51.0 Å². The number of aromatic nitrogens is 2. The van der Waals surface area contributed by atoms with E-state index in [4.69, 9.17) is 0 Å². The number of aryl methyl sites for hydroxylation is 2. The molecule has 0 fully saturated rings. The number of rotatable bonds is 8. The highest BCUT2D eigenvalue weighted by Gasteiger charge is 2.17. The van der Waals surface area contributed by atoms with Crippen molar-refractivity contribution in [3.63, 3.8) is 0 Å². The van der Waals surface area contributed by atoms with Gasteiger partial charge in [0.1, 0.15) is 5.82 Å². The highest BCUT2D eigenvalue weighted by Crippen LogP contribution is 2.18. The van der Waals surface area contributed by atoms with Crippen molar-refractivity contribution in [3.8, 4) is 0 Å². The van der Waals surface area contributed by atoms with Crippen LogP contribution >= 0.6 is 0 Å². The van der Waals surface area contributed by atoms with Crippen molar-refractivity contribution in [2.45, 2.75) is 46.2 Å². The van der Waals surface area contributed by atoms with Crippen molar-refractivity contribution in [1.29, 1.82) is 0 Å². The molecule has 1 unspecified atom stereocenters. The van der Waals surface area contributed by atoms with Crippen LogP contribution in [0.4, 0.5) is 0 Å². The summed E-state index contributed by atoms with van der Waals surface area (Å²) >= 11 is 0. The van der Waals surface area contributed by atoms with Crippen LogP contribution in [0.5, 0.6) is 0 Å². The average molecular weight is 434 g/mol. The summed E-state index contributed by atoms with van der Waals surface area (Å²) in [4.78, 5) is 52.5. The molecule has 0 saturated carbocycles. The zero-order valence-electron chi connectivity index (χ0n) is 18.3. The maximum absolute atomic E-state index is 13.4. The Morgan fingerprint density at radius 1 is 1.16 bits per heavy atom. The molecule has 166 valence electrons. The lowest BCUT2D eigenvalue weighted by molar-refractivity contribution is -0.125. The zero-order valence-corrected chi connectivity index (χ0v) is 18.3. The minimum absolute atomic E-state index is 0.109. The van der Waals surface area contributed by atoms with E-state index in [-0.39, 0.29) is 30.5 Å². The Labute approximate surface area is 185 Å². The van der Waals surface area contributed by atoms with Crippen LogP contribution in [0.1, 0.15) is 53.1 Å². The van der Waals surface area contributed by atoms with Crippen molar-refractivity contribution in [2.75, 3.05) is 0 Å². The quantitative estimate of drug-likeness (QED) is 0.530. The Balaban J connectivity index is 1.89. The molecular weight excluding hydrogens is 408 g/mol. The summed E-state index contributed by atoms with van der Waals surface area (Å²) in [7, 11) is 0. The third-order valence-electron chi connectivity index (χ3n) is 5.36. The predicted molar refractivity (Wildman–Crippen MR) is 121 cm³/mol. The second-order valence-electron chi connectivity index (χ2n) is 7.77. The summed E-state index contributed by atoms with van der Waals surface area (Å²) < 4.78 is 1.56. The number of imide groups is 1. The average Bonchev–Trinajstić information content (AvgIpc) is 2.76. The van der Waals surface area contributed by atoms with Gasteiger partial charge in [0.2, 0.25) is 12.3 Å². The van der Waals surface area contributed by atoms with Gasteiger partial charge in [-0.3, -0.25) is 29.1 Å². The molecule has 0 radical (unpaired) electrons. The Morgan fingerprint density at radius 2 is 1.91 bits per heavy atom. The van der Waals surface area contributed by atoms with E-state index in [1.165, 1.54) is 0 Å². The lowest BCUT2D eigenvalue weighted by Crippen LogP contribution is -2.30. The standard InChI is InChI=1S/C24H26N4O4/c1-15-6-4-7-18(12-15)23(31)25-13-19-8-5-9-20-22(19)24(32)28(17(3)27-20)16(2)10-11-21(30)26-14-29/h4-9,12,14,16H,10-11,13H2,1-3H3,(H,25,31)(H,26,29,30). The summed E-state index contributed by atoms with van der Waals surface area (Å²) in [6.07, 6.45) is 0.831. The lowest BCUT2D eigenvalue weighted by Gasteiger charge is -2.19. The van der Waals surface area contributed by atoms with Crippen LogP contribution in [0, 0.1) is 13.8 Å². The number of carbonyl (C=O) groups excluding carboxylic acids is 3. The molecule has 0 bridgehead atoms. The number of hydrogen-bond acceptors (Lipinski definition) is 5. The summed E-state index contributed by atoms with van der Waals surface area (Å²) in [5, 5.41) is 5.42. The van der Waals surface area contributed by atoms with E-state index >= 15 is 0 Å². The number of nitrogens with zero attached hydrogens (tertiary/aromatic N) is 2. The van der Waals surface area contributed by atoms with Crippen molar-refractivity contribution in [3.05, 3.63) is 75.3 Å². The van der Waals surface area contributed by atoms with Crippen LogP contribution in [0.25, 0.3) is 10.9 Å². The minimum atomic E-state index is -0.397. The highest BCUT2D eigenvalue weighted by atomic mass is 16.2. The molecule has 3 rings (SSSR count). The molecule has 1 atom stereocenters. The van der Waals surface area contributed by atoms with Gasteiger partial charge in [-0.1, -0.05) is 29.8 Å². The van der Waals surface area contributed by atoms with E-state index in [0.717, 1.165) is 5.56 Å².